The Morgan fingerprint density at radius 3 is 1.77 bits per heavy atom. The molecule has 0 aliphatic heterocycles. The molecule has 0 rings (SSSR count). The maximum Gasteiger partial charge on any atom is 0.381 e. The van der Waals surface area contributed by atoms with E-state index in [0.717, 1.165) is 0 Å². The van der Waals surface area contributed by atoms with Crippen LogP contribution in [0.4, 0.5) is 35.1 Å². The van der Waals surface area contributed by atoms with Gasteiger partial charge in [0.05, 0.1) is 0 Å². The molecule has 4 nitrogen and oxygen atoms in total. The lowest BCUT2D eigenvalue weighted by atomic mass is 9.94. The van der Waals surface area contributed by atoms with Gasteiger partial charge in [-0.2, -0.15) is 35.1 Å². The van der Waals surface area contributed by atoms with Crippen molar-refractivity contribution in [3.8, 4) is 0 Å². The van der Waals surface area contributed by atoms with E-state index in [4.69, 9.17) is 15.3 Å². The molecule has 130 valence electrons. The van der Waals surface area contributed by atoms with Gasteiger partial charge in [-0.05, 0) is 13.0 Å². The summed E-state index contributed by atoms with van der Waals surface area (Å²) in [6, 6.07) is 0. The first-order valence-corrected chi connectivity index (χ1v) is 5.28. The van der Waals surface area contributed by atoms with Crippen LogP contribution in [0.3, 0.4) is 0 Å². The van der Waals surface area contributed by atoms with Crippen LogP contribution in [-0.4, -0.2) is 57.7 Å². The van der Waals surface area contributed by atoms with Crippen LogP contribution in [-0.2, 0) is 4.79 Å². The zero-order valence-electron chi connectivity index (χ0n) is 10.6. The van der Waals surface area contributed by atoms with E-state index in [1.165, 1.54) is 0 Å². The Hall–Kier alpha value is -1.43. The van der Waals surface area contributed by atoms with Crippen molar-refractivity contribution in [1.29, 1.82) is 0 Å². The van der Waals surface area contributed by atoms with Crippen molar-refractivity contribution in [2.24, 2.45) is 0 Å². The summed E-state index contributed by atoms with van der Waals surface area (Å²) in [6.45, 7) is -2.29. The fourth-order valence-electron chi connectivity index (χ4n) is 1.14. The second kappa shape index (κ2) is 5.99. The Labute approximate surface area is 117 Å². The Balaban J connectivity index is 5.86. The minimum atomic E-state index is -6.79. The van der Waals surface area contributed by atoms with Gasteiger partial charge >= 0.3 is 29.7 Å². The quantitative estimate of drug-likeness (QED) is 0.486. The SMILES string of the molecule is CC(=CC(O)C(F)(F)C(F)(F)C(F)(F)C(F)(F)CO)C(=O)O. The Bertz CT molecular complexity index is 460. The molecule has 0 aromatic carbocycles. The molecule has 0 aromatic rings. The summed E-state index contributed by atoms with van der Waals surface area (Å²) in [4.78, 5) is 10.3. The highest BCUT2D eigenvalue weighted by Gasteiger charge is 2.81. The highest BCUT2D eigenvalue weighted by Crippen LogP contribution is 2.53. The van der Waals surface area contributed by atoms with Crippen molar-refractivity contribution in [2.75, 3.05) is 6.61 Å². The third-order valence-electron chi connectivity index (χ3n) is 2.59. The van der Waals surface area contributed by atoms with Gasteiger partial charge in [0, 0.05) is 5.57 Å². The highest BCUT2D eigenvalue weighted by atomic mass is 19.4. The van der Waals surface area contributed by atoms with Crippen LogP contribution in [0.2, 0.25) is 0 Å². The number of carbonyl (C=O) groups is 1. The summed E-state index contributed by atoms with van der Waals surface area (Å²) < 4.78 is 104. The molecular formula is C10H10F8O4. The molecule has 0 bridgehead atoms. The van der Waals surface area contributed by atoms with E-state index in [1.807, 2.05) is 0 Å². The molecule has 0 heterocycles. The summed E-state index contributed by atoms with van der Waals surface area (Å²) in [5, 5.41) is 25.1. The van der Waals surface area contributed by atoms with Crippen LogP contribution in [0.25, 0.3) is 0 Å². The maximum absolute atomic E-state index is 13.2. The van der Waals surface area contributed by atoms with Gasteiger partial charge in [0.15, 0.2) is 0 Å². The van der Waals surface area contributed by atoms with Gasteiger partial charge in [0.1, 0.15) is 12.7 Å². The Morgan fingerprint density at radius 1 is 1.05 bits per heavy atom. The lowest BCUT2D eigenvalue weighted by Crippen LogP contribution is -2.66. The summed E-state index contributed by atoms with van der Waals surface area (Å²) in [7, 11) is 0. The van der Waals surface area contributed by atoms with E-state index in [-0.39, 0.29) is 0 Å². The minimum absolute atomic E-state index is 0.399. The maximum atomic E-state index is 13.2. The molecule has 22 heavy (non-hydrogen) atoms. The normalized spacial score (nSPS) is 16.6. The number of halogens is 8. The molecule has 0 amide bonds. The number of aliphatic hydroxyl groups excluding tert-OH is 2. The summed E-state index contributed by atoms with van der Waals surface area (Å²) >= 11 is 0. The number of aliphatic carboxylic acids is 1. The first-order chi connectivity index (χ1) is 9.56. The van der Waals surface area contributed by atoms with E-state index >= 15 is 0 Å². The summed E-state index contributed by atoms with van der Waals surface area (Å²) in [5.41, 5.74) is -1.11. The van der Waals surface area contributed by atoms with Crippen LogP contribution < -0.4 is 0 Å². The van der Waals surface area contributed by atoms with Crippen LogP contribution >= 0.6 is 0 Å². The lowest BCUT2D eigenvalue weighted by Gasteiger charge is -2.37. The van der Waals surface area contributed by atoms with Gasteiger partial charge in [0.25, 0.3) is 0 Å². The summed E-state index contributed by atoms with van der Waals surface area (Å²) in [6.07, 6.45) is -4.19. The summed E-state index contributed by atoms with van der Waals surface area (Å²) in [5.74, 6) is -27.5. The first-order valence-electron chi connectivity index (χ1n) is 5.28. The number of hydrogen-bond acceptors (Lipinski definition) is 3. The lowest BCUT2D eigenvalue weighted by molar-refractivity contribution is -0.379. The number of aliphatic hydroxyl groups is 2. The molecule has 0 radical (unpaired) electrons. The van der Waals surface area contributed by atoms with Gasteiger partial charge in [-0.3, -0.25) is 0 Å². The molecular weight excluding hydrogens is 336 g/mol. The van der Waals surface area contributed by atoms with Crippen molar-refractivity contribution in [3.05, 3.63) is 11.6 Å². The van der Waals surface area contributed by atoms with Gasteiger partial charge in [-0.25, -0.2) is 4.79 Å². The molecule has 1 atom stereocenters. The topological polar surface area (TPSA) is 77.8 Å². The van der Waals surface area contributed by atoms with Crippen LogP contribution in [0.15, 0.2) is 11.6 Å². The molecule has 0 fully saturated rings. The number of alkyl halides is 8. The Kier molecular flexibility index (Phi) is 5.60. The predicted octanol–water partition coefficient (Wildman–Crippen LogP) is 1.91. The second-order valence-electron chi connectivity index (χ2n) is 4.23. The fraction of sp³-hybridized carbons (Fsp3) is 0.700. The highest BCUT2D eigenvalue weighted by molar-refractivity contribution is 5.85. The van der Waals surface area contributed by atoms with Crippen molar-refractivity contribution >= 4 is 5.97 Å². The standard InChI is InChI=1S/C10H10F8O4/c1-4(6(21)22)2-5(20)8(13,14)10(17,18)9(15,16)7(11,12)3-19/h2,5,19-20H,3H2,1H3,(H,21,22). The average Bonchev–Trinajstić information content (AvgIpc) is 2.37. The zero-order valence-corrected chi connectivity index (χ0v) is 10.6. The van der Waals surface area contributed by atoms with E-state index in [1.54, 1.807) is 0 Å². The molecule has 0 spiro atoms. The van der Waals surface area contributed by atoms with E-state index in [2.05, 4.69) is 0 Å². The average molecular weight is 346 g/mol. The molecule has 3 N–H and O–H groups in total. The minimum Gasteiger partial charge on any atom is -0.478 e. The number of hydrogen-bond donors (Lipinski definition) is 3. The van der Waals surface area contributed by atoms with E-state index < -0.39 is 54.0 Å². The second-order valence-corrected chi connectivity index (χ2v) is 4.23. The Morgan fingerprint density at radius 2 is 1.45 bits per heavy atom. The molecule has 0 aliphatic carbocycles. The zero-order chi connectivity index (χ0) is 18.1. The van der Waals surface area contributed by atoms with Crippen LogP contribution in [0, 0.1) is 0 Å². The molecule has 1 unspecified atom stereocenters. The van der Waals surface area contributed by atoms with Gasteiger partial charge in [0.2, 0.25) is 0 Å². The van der Waals surface area contributed by atoms with Gasteiger partial charge in [-0.1, -0.05) is 0 Å². The molecule has 0 aliphatic rings. The smallest absolute Gasteiger partial charge is 0.381 e. The largest absolute Gasteiger partial charge is 0.478 e. The van der Waals surface area contributed by atoms with E-state index in [0.29, 0.717) is 6.92 Å². The molecule has 0 saturated heterocycles. The number of carboxylic acids is 1. The van der Waals surface area contributed by atoms with E-state index in [9.17, 15) is 39.9 Å². The number of carboxylic acid groups (broad SMARTS) is 1. The fourth-order valence-corrected chi connectivity index (χ4v) is 1.14. The van der Waals surface area contributed by atoms with Crippen molar-refractivity contribution in [1.82, 2.24) is 0 Å². The van der Waals surface area contributed by atoms with Crippen molar-refractivity contribution in [2.45, 2.75) is 36.7 Å². The van der Waals surface area contributed by atoms with Gasteiger partial charge in [-0.15, -0.1) is 0 Å². The molecule has 0 aromatic heterocycles. The van der Waals surface area contributed by atoms with Crippen molar-refractivity contribution in [3.63, 3.8) is 0 Å². The van der Waals surface area contributed by atoms with Gasteiger partial charge < -0.3 is 15.3 Å². The molecule has 12 heteroatoms. The number of rotatable bonds is 7. The van der Waals surface area contributed by atoms with Crippen LogP contribution in [0.1, 0.15) is 6.92 Å². The third-order valence-corrected chi connectivity index (χ3v) is 2.59. The first kappa shape index (κ1) is 20.6. The monoisotopic (exact) mass is 346 g/mol. The third kappa shape index (κ3) is 3.16. The van der Waals surface area contributed by atoms with Crippen LogP contribution in [0.5, 0.6) is 0 Å². The van der Waals surface area contributed by atoms with Crippen molar-refractivity contribution < 1.29 is 55.2 Å². The molecule has 0 saturated carbocycles. The predicted molar refractivity (Wildman–Crippen MR) is 54.3 cm³/mol.